The first-order valence-corrected chi connectivity index (χ1v) is 12.5. The number of benzene rings is 3. The molecule has 0 saturated carbocycles. The Hall–Kier alpha value is -3.79. The van der Waals surface area contributed by atoms with Gasteiger partial charge in [0.15, 0.2) is 0 Å². The largest absolute Gasteiger partial charge is 0.556 e. The topological polar surface area (TPSA) is 98.9 Å². The lowest BCUT2D eigenvalue weighted by Gasteiger charge is -2.39. The number of halogens is 1. The van der Waals surface area contributed by atoms with Crippen molar-refractivity contribution in [2.75, 3.05) is 6.61 Å². The molecule has 0 spiro atoms. The van der Waals surface area contributed by atoms with Gasteiger partial charge < -0.3 is 14.3 Å². The molecule has 37 heavy (non-hydrogen) atoms. The summed E-state index contributed by atoms with van der Waals surface area (Å²) in [4.78, 5) is 36.8. The van der Waals surface area contributed by atoms with Gasteiger partial charge in [-0.1, -0.05) is 63.0 Å². The molecule has 0 saturated heterocycles. The van der Waals surface area contributed by atoms with Gasteiger partial charge in [0.1, 0.15) is 25.2 Å². The quantitative estimate of drug-likeness (QED) is 0.283. The maximum Gasteiger partial charge on any atom is 0.556 e. The predicted octanol–water partition coefficient (Wildman–Crippen LogP) is 5.80. The Labute approximate surface area is 221 Å². The van der Waals surface area contributed by atoms with Crippen molar-refractivity contribution in [3.8, 4) is 17.2 Å². The van der Waals surface area contributed by atoms with Gasteiger partial charge in [-0.05, 0) is 42.0 Å². The average Bonchev–Trinajstić information content (AvgIpc) is 3.39. The maximum absolute atomic E-state index is 13.6. The molecule has 1 amide bonds. The van der Waals surface area contributed by atoms with E-state index in [9.17, 15) is 14.7 Å². The zero-order valence-corrected chi connectivity index (χ0v) is 21.3. The van der Waals surface area contributed by atoms with Crippen molar-refractivity contribution in [1.29, 1.82) is 0 Å². The fraction of sp³-hybridized carbons (Fsp3) is 0.179. The number of aromatic nitrogens is 1. The number of rotatable bonds is 7. The first kappa shape index (κ1) is 24.9. The first-order valence-electron chi connectivity index (χ1n) is 11.7. The van der Waals surface area contributed by atoms with Gasteiger partial charge in [0, 0.05) is 28.4 Å². The van der Waals surface area contributed by atoms with Gasteiger partial charge in [-0.2, -0.15) is 9.63 Å². The van der Waals surface area contributed by atoms with Gasteiger partial charge >= 0.3 is 12.1 Å². The summed E-state index contributed by atoms with van der Waals surface area (Å²) in [6, 6.07) is 22.5. The number of nitrogens with zero attached hydrogens (tertiary/aromatic N) is 2. The maximum atomic E-state index is 13.6. The van der Waals surface area contributed by atoms with Gasteiger partial charge in [-0.15, -0.1) is 0 Å². The molecule has 3 aromatic carbocycles. The monoisotopic (exact) mass is 563 g/mol. The Balaban J connectivity index is 1.41. The van der Waals surface area contributed by atoms with E-state index in [2.05, 4.69) is 20.9 Å². The van der Waals surface area contributed by atoms with E-state index >= 15 is 0 Å². The van der Waals surface area contributed by atoms with E-state index in [0.29, 0.717) is 23.8 Å². The number of hydrogen-bond donors (Lipinski definition) is 1. The van der Waals surface area contributed by atoms with E-state index in [0.717, 1.165) is 21.2 Å². The number of carboxylic acid groups (broad SMARTS) is 1. The van der Waals surface area contributed by atoms with Gasteiger partial charge in [-0.25, -0.2) is 9.78 Å². The van der Waals surface area contributed by atoms with Gasteiger partial charge in [0.25, 0.3) is 0 Å². The summed E-state index contributed by atoms with van der Waals surface area (Å²) in [5.41, 5.74) is 3.17. The molecule has 1 N–H and O–H groups in total. The first-order chi connectivity index (χ1) is 17.9. The molecular formula is C28H24BrN2O6+. The van der Waals surface area contributed by atoms with Crippen molar-refractivity contribution >= 4 is 28.0 Å². The second-order valence-electron chi connectivity index (χ2n) is 8.70. The molecule has 1 aliphatic heterocycles. The number of carbonyl (C=O) groups excluding carboxylic acids is 1. The Morgan fingerprint density at radius 3 is 2.43 bits per heavy atom. The van der Waals surface area contributed by atoms with Crippen molar-refractivity contribution < 1.29 is 33.3 Å². The van der Waals surface area contributed by atoms with Crippen molar-refractivity contribution in [3.63, 3.8) is 0 Å². The van der Waals surface area contributed by atoms with Crippen LogP contribution in [0.2, 0.25) is 0 Å². The average molecular weight is 564 g/mol. The second-order valence-corrected chi connectivity index (χ2v) is 9.61. The van der Waals surface area contributed by atoms with E-state index in [1.165, 1.54) is 6.26 Å². The highest BCUT2D eigenvalue weighted by atomic mass is 79.9. The van der Waals surface area contributed by atoms with Crippen molar-refractivity contribution in [2.45, 2.75) is 25.4 Å². The van der Waals surface area contributed by atoms with E-state index in [1.54, 1.807) is 24.3 Å². The summed E-state index contributed by atoms with van der Waals surface area (Å²) in [7, 11) is 0. The molecule has 4 aromatic rings. The fourth-order valence-electron chi connectivity index (χ4n) is 4.40. The number of hydroxylamine groups is 3. The highest BCUT2D eigenvalue weighted by Crippen LogP contribution is 2.33. The Morgan fingerprint density at radius 1 is 1.00 bits per heavy atom. The molecule has 1 aliphatic rings. The number of hydrogen-bond acceptors (Lipinski definition) is 6. The molecule has 2 atom stereocenters. The molecule has 2 heterocycles. The number of carboxylic acids is 1. The summed E-state index contributed by atoms with van der Waals surface area (Å²) < 4.78 is 11.3. The number of carbonyl (C=O) groups is 2. The molecule has 0 aliphatic carbocycles. The minimum atomic E-state index is -1.19. The number of fused-ring (bicyclic) bond motifs is 1. The minimum absolute atomic E-state index is 0.0244. The molecule has 2 unspecified atom stereocenters. The second kappa shape index (κ2) is 10.7. The zero-order valence-electron chi connectivity index (χ0n) is 19.7. The Morgan fingerprint density at radius 2 is 1.70 bits per heavy atom. The number of aliphatic carboxylic acids is 1. The summed E-state index contributed by atoms with van der Waals surface area (Å²) in [5.74, 6) is -0.374. The van der Waals surface area contributed by atoms with E-state index in [-0.39, 0.29) is 19.6 Å². The molecule has 1 aromatic heterocycles. The third-order valence-electron chi connectivity index (χ3n) is 6.31. The van der Waals surface area contributed by atoms with Crippen LogP contribution in [-0.2, 0) is 29.0 Å². The van der Waals surface area contributed by atoms with Crippen LogP contribution in [0.1, 0.15) is 16.8 Å². The summed E-state index contributed by atoms with van der Waals surface area (Å²) in [6.07, 6.45) is 1.18. The van der Waals surface area contributed by atoms with E-state index in [4.69, 9.17) is 14.0 Å². The predicted molar refractivity (Wildman–Crippen MR) is 137 cm³/mol. The lowest BCUT2D eigenvalue weighted by Crippen LogP contribution is -2.65. The van der Waals surface area contributed by atoms with Crippen LogP contribution in [0, 0.1) is 0 Å². The molecule has 9 heteroatoms. The van der Waals surface area contributed by atoms with Crippen LogP contribution in [0.4, 0.5) is 4.79 Å². The standard InChI is InChI=1S/C28H23BrN2O6/c29-22-10-12-24(13-11-22)37-28(34)31(17-21-9-5-4-8-20(21)16-25(31)27(32)33)36-15-14-23-18-35-26(30-23)19-6-2-1-3-7-19/h1-13,18,25H,14-17H2/p+1. The Kier molecular flexibility index (Phi) is 7.18. The van der Waals surface area contributed by atoms with Crippen LogP contribution in [-0.4, -0.2) is 39.4 Å². The number of quaternary nitrogens is 1. The minimum Gasteiger partial charge on any atom is -0.477 e. The van der Waals surface area contributed by atoms with Crippen LogP contribution in [0.15, 0.2) is 94.0 Å². The highest BCUT2D eigenvalue weighted by Gasteiger charge is 2.56. The Bertz CT molecular complexity index is 1410. The van der Waals surface area contributed by atoms with Crippen molar-refractivity contribution in [2.24, 2.45) is 0 Å². The number of oxazole rings is 1. The molecule has 8 nitrogen and oxygen atoms in total. The normalized spacial score (nSPS) is 18.7. The van der Waals surface area contributed by atoms with Gasteiger partial charge in [-0.3, -0.25) is 0 Å². The number of amides is 1. The third kappa shape index (κ3) is 5.34. The van der Waals surface area contributed by atoms with Crippen LogP contribution in [0.3, 0.4) is 0 Å². The number of ether oxygens (including phenoxy) is 1. The smallest absolute Gasteiger partial charge is 0.477 e. The molecule has 0 bridgehead atoms. The SMILES string of the molecule is O=C(O)C1Cc2ccccc2C[N+]1(OCCc1coc(-c2ccccc2)n1)C(=O)Oc1ccc(Br)cc1. The lowest BCUT2D eigenvalue weighted by molar-refractivity contribution is -1.07. The summed E-state index contributed by atoms with van der Waals surface area (Å²) in [5, 5.41) is 10.2. The third-order valence-corrected chi connectivity index (χ3v) is 6.83. The summed E-state index contributed by atoms with van der Waals surface area (Å²) in [6.45, 7) is 0.0543. The van der Waals surface area contributed by atoms with Gasteiger partial charge in [0.05, 0.1) is 5.69 Å². The van der Waals surface area contributed by atoms with E-state index < -0.39 is 22.8 Å². The van der Waals surface area contributed by atoms with E-state index in [1.807, 2.05) is 54.6 Å². The van der Waals surface area contributed by atoms with Crippen molar-refractivity contribution in [3.05, 3.63) is 106 Å². The molecular weight excluding hydrogens is 540 g/mol. The molecule has 188 valence electrons. The van der Waals surface area contributed by atoms with Crippen LogP contribution in [0.5, 0.6) is 5.75 Å². The zero-order chi connectivity index (χ0) is 25.8. The summed E-state index contributed by atoms with van der Waals surface area (Å²) >= 11 is 3.36. The lowest BCUT2D eigenvalue weighted by atomic mass is 9.94. The van der Waals surface area contributed by atoms with Crippen LogP contribution >= 0.6 is 15.9 Å². The van der Waals surface area contributed by atoms with Crippen molar-refractivity contribution in [1.82, 2.24) is 4.98 Å². The van der Waals surface area contributed by atoms with Crippen LogP contribution in [0.25, 0.3) is 11.5 Å². The fourth-order valence-corrected chi connectivity index (χ4v) is 4.67. The highest BCUT2D eigenvalue weighted by molar-refractivity contribution is 9.10. The molecule has 0 fully saturated rings. The molecule has 0 radical (unpaired) electrons. The van der Waals surface area contributed by atoms with Crippen LogP contribution < -0.4 is 4.74 Å². The molecule has 5 rings (SSSR count). The van der Waals surface area contributed by atoms with Gasteiger partial charge in [0.2, 0.25) is 11.9 Å².